The summed E-state index contributed by atoms with van der Waals surface area (Å²) in [6, 6.07) is 6.14. The SMILES string of the molecule is COC1CC=C(c2ccc3c(c2)[nH]c2c(C(N)=O)cnc(N4CCCC(C=O)C4)c23)C=N1. The van der Waals surface area contributed by atoms with E-state index in [0.29, 0.717) is 17.6 Å². The second-order valence-electron chi connectivity index (χ2n) is 8.34. The minimum atomic E-state index is -0.530. The van der Waals surface area contributed by atoms with Gasteiger partial charge in [-0.25, -0.2) is 4.98 Å². The van der Waals surface area contributed by atoms with Crippen molar-refractivity contribution in [2.75, 3.05) is 25.1 Å². The topological polar surface area (TPSA) is 114 Å². The fourth-order valence-corrected chi connectivity index (χ4v) is 4.66. The van der Waals surface area contributed by atoms with Gasteiger partial charge in [-0.2, -0.15) is 0 Å². The molecule has 2 aliphatic heterocycles. The number of aromatic nitrogens is 2. The zero-order valence-corrected chi connectivity index (χ0v) is 17.9. The highest BCUT2D eigenvalue weighted by molar-refractivity contribution is 6.19. The largest absolute Gasteiger partial charge is 0.365 e. The van der Waals surface area contributed by atoms with E-state index in [-0.39, 0.29) is 12.1 Å². The van der Waals surface area contributed by atoms with Gasteiger partial charge in [-0.1, -0.05) is 18.2 Å². The van der Waals surface area contributed by atoms with Crippen LogP contribution in [0.15, 0.2) is 35.5 Å². The van der Waals surface area contributed by atoms with E-state index in [4.69, 9.17) is 10.5 Å². The standard InChI is InChI=1S/C24H25N5O3/c1-32-20-7-5-16(10-26-20)15-4-6-17-19(9-15)28-22-18(23(25)31)11-27-24(21(17)22)29-8-2-3-14(12-29)13-30/h4-6,9-11,13-14,20,28H,2-3,7-8,12H2,1H3,(H2,25,31). The number of carbonyl (C=O) groups is 2. The predicted molar refractivity (Wildman–Crippen MR) is 125 cm³/mol. The number of dihydropyridines is 1. The Morgan fingerprint density at radius 1 is 1.38 bits per heavy atom. The van der Waals surface area contributed by atoms with E-state index in [0.717, 1.165) is 65.3 Å². The van der Waals surface area contributed by atoms with E-state index in [1.54, 1.807) is 7.11 Å². The summed E-state index contributed by atoms with van der Waals surface area (Å²) in [6.07, 6.45) is 8.89. The van der Waals surface area contributed by atoms with Gasteiger partial charge < -0.3 is 25.1 Å². The third-order valence-corrected chi connectivity index (χ3v) is 6.35. The Morgan fingerprint density at radius 2 is 2.25 bits per heavy atom. The first-order valence-electron chi connectivity index (χ1n) is 10.8. The van der Waals surface area contributed by atoms with Gasteiger partial charge >= 0.3 is 0 Å². The lowest BCUT2D eigenvalue weighted by atomic mass is 9.98. The molecule has 2 aliphatic rings. The smallest absolute Gasteiger partial charge is 0.252 e. The summed E-state index contributed by atoms with van der Waals surface area (Å²) in [7, 11) is 1.65. The van der Waals surface area contributed by atoms with Crippen LogP contribution in [0.5, 0.6) is 0 Å². The van der Waals surface area contributed by atoms with Crippen molar-refractivity contribution < 1.29 is 14.3 Å². The van der Waals surface area contributed by atoms with Crippen LogP contribution in [0.4, 0.5) is 5.82 Å². The molecule has 5 rings (SSSR count). The van der Waals surface area contributed by atoms with Crippen LogP contribution in [0, 0.1) is 5.92 Å². The number of hydrogen-bond donors (Lipinski definition) is 2. The number of allylic oxidation sites excluding steroid dienone is 1. The number of aldehydes is 1. The first kappa shape index (κ1) is 20.4. The molecule has 2 unspecified atom stereocenters. The third-order valence-electron chi connectivity index (χ3n) is 6.35. The van der Waals surface area contributed by atoms with Gasteiger partial charge in [-0.05, 0) is 30.0 Å². The Balaban J connectivity index is 1.64. The van der Waals surface area contributed by atoms with Gasteiger partial charge in [0.25, 0.3) is 5.91 Å². The van der Waals surface area contributed by atoms with Crippen LogP contribution >= 0.6 is 0 Å². The molecule has 0 spiro atoms. The average molecular weight is 431 g/mol. The van der Waals surface area contributed by atoms with Gasteiger partial charge in [-0.15, -0.1) is 0 Å². The highest BCUT2D eigenvalue weighted by Gasteiger charge is 2.25. The average Bonchev–Trinajstić information content (AvgIpc) is 3.22. The Bertz CT molecular complexity index is 1280. The number of piperidine rings is 1. The zero-order valence-electron chi connectivity index (χ0n) is 17.9. The highest BCUT2D eigenvalue weighted by Crippen LogP contribution is 2.36. The van der Waals surface area contributed by atoms with E-state index in [9.17, 15) is 9.59 Å². The van der Waals surface area contributed by atoms with Crippen LogP contribution in [0.25, 0.3) is 27.4 Å². The molecule has 1 fully saturated rings. The van der Waals surface area contributed by atoms with Gasteiger partial charge in [0.1, 0.15) is 12.1 Å². The van der Waals surface area contributed by atoms with Crippen LogP contribution < -0.4 is 10.6 Å². The Kier molecular flexibility index (Phi) is 5.22. The van der Waals surface area contributed by atoms with Crippen LogP contribution in [0.1, 0.15) is 35.2 Å². The monoisotopic (exact) mass is 431 g/mol. The van der Waals surface area contributed by atoms with Crippen molar-refractivity contribution >= 4 is 51.6 Å². The van der Waals surface area contributed by atoms with Crippen LogP contribution in [-0.2, 0) is 9.53 Å². The molecule has 1 amide bonds. The molecule has 8 heteroatoms. The lowest BCUT2D eigenvalue weighted by Gasteiger charge is -2.31. The summed E-state index contributed by atoms with van der Waals surface area (Å²) in [5.74, 6) is 0.233. The van der Waals surface area contributed by atoms with Crippen LogP contribution in [0.2, 0.25) is 0 Å². The van der Waals surface area contributed by atoms with E-state index >= 15 is 0 Å². The van der Waals surface area contributed by atoms with E-state index in [1.165, 1.54) is 6.20 Å². The van der Waals surface area contributed by atoms with Gasteiger partial charge in [-0.3, -0.25) is 9.79 Å². The summed E-state index contributed by atoms with van der Waals surface area (Å²) in [6.45, 7) is 1.44. The van der Waals surface area contributed by atoms with Crippen molar-refractivity contribution in [3.63, 3.8) is 0 Å². The van der Waals surface area contributed by atoms with Gasteiger partial charge in [0.2, 0.25) is 0 Å². The van der Waals surface area contributed by atoms with Gasteiger partial charge in [0, 0.05) is 55.9 Å². The van der Waals surface area contributed by atoms with Crippen molar-refractivity contribution in [1.82, 2.24) is 9.97 Å². The Labute approximate surface area is 185 Å². The van der Waals surface area contributed by atoms with Crippen molar-refractivity contribution in [3.05, 3.63) is 41.6 Å². The Morgan fingerprint density at radius 3 is 2.97 bits per heavy atom. The summed E-state index contributed by atoms with van der Waals surface area (Å²) in [4.78, 5) is 38.1. The number of methoxy groups -OCH3 is 1. The van der Waals surface area contributed by atoms with Crippen molar-refractivity contribution in [2.24, 2.45) is 16.6 Å². The molecule has 0 aliphatic carbocycles. The number of benzene rings is 1. The van der Waals surface area contributed by atoms with E-state index < -0.39 is 5.91 Å². The van der Waals surface area contributed by atoms with Gasteiger partial charge in [0.05, 0.1) is 16.5 Å². The maximum absolute atomic E-state index is 12.1. The molecule has 32 heavy (non-hydrogen) atoms. The number of rotatable bonds is 5. The van der Waals surface area contributed by atoms with Gasteiger partial charge in [0.15, 0.2) is 6.23 Å². The van der Waals surface area contributed by atoms with E-state index in [2.05, 4.69) is 32.0 Å². The first-order valence-corrected chi connectivity index (χ1v) is 10.8. The summed E-state index contributed by atoms with van der Waals surface area (Å²) in [5.41, 5.74) is 9.62. The van der Waals surface area contributed by atoms with Crippen molar-refractivity contribution in [3.8, 4) is 0 Å². The minimum Gasteiger partial charge on any atom is -0.365 e. The molecule has 3 N–H and O–H groups in total. The van der Waals surface area contributed by atoms with E-state index in [1.807, 2.05) is 18.3 Å². The number of hydrogen-bond acceptors (Lipinski definition) is 6. The fraction of sp³-hybridized carbons (Fsp3) is 0.333. The van der Waals surface area contributed by atoms with Crippen LogP contribution in [0.3, 0.4) is 0 Å². The number of nitrogens with zero attached hydrogens (tertiary/aromatic N) is 3. The normalized spacial score (nSPS) is 21.2. The first-order chi connectivity index (χ1) is 15.6. The maximum atomic E-state index is 12.1. The molecule has 4 heterocycles. The highest BCUT2D eigenvalue weighted by atomic mass is 16.5. The van der Waals surface area contributed by atoms with Crippen LogP contribution in [-0.4, -0.2) is 54.8 Å². The number of pyridine rings is 1. The molecule has 0 radical (unpaired) electrons. The van der Waals surface area contributed by atoms with Crippen molar-refractivity contribution in [1.29, 1.82) is 0 Å². The lowest BCUT2D eigenvalue weighted by molar-refractivity contribution is -0.111. The lowest BCUT2D eigenvalue weighted by Crippen LogP contribution is -2.36. The predicted octanol–water partition coefficient (Wildman–Crippen LogP) is 3.06. The number of H-pyrrole nitrogens is 1. The summed E-state index contributed by atoms with van der Waals surface area (Å²) < 4.78 is 5.28. The number of fused-ring (bicyclic) bond motifs is 3. The number of primary amides is 1. The second kappa shape index (κ2) is 8.20. The molecule has 2 atom stereocenters. The molecule has 1 saturated heterocycles. The molecular weight excluding hydrogens is 406 g/mol. The third kappa shape index (κ3) is 3.46. The molecule has 164 valence electrons. The fourth-order valence-electron chi connectivity index (χ4n) is 4.66. The number of ether oxygens (including phenoxy) is 1. The molecular formula is C24H25N5O3. The summed E-state index contributed by atoms with van der Waals surface area (Å²) >= 11 is 0. The number of anilines is 1. The molecule has 8 nitrogen and oxygen atoms in total. The molecule has 1 aromatic carbocycles. The molecule has 0 saturated carbocycles. The molecule has 2 aromatic heterocycles. The second-order valence-corrected chi connectivity index (χ2v) is 8.34. The minimum absolute atomic E-state index is 0.0123. The number of aliphatic imine (C=N–C) groups is 1. The quantitative estimate of drug-likeness (QED) is 0.603. The maximum Gasteiger partial charge on any atom is 0.252 e. The zero-order chi connectivity index (χ0) is 22.2. The number of carbonyl (C=O) groups excluding carboxylic acids is 2. The number of nitrogens with two attached hydrogens (primary N) is 1. The number of aromatic amines is 1. The van der Waals surface area contributed by atoms with Crippen molar-refractivity contribution in [2.45, 2.75) is 25.5 Å². The number of amides is 1. The Hall–Kier alpha value is -3.52. The summed E-state index contributed by atoms with van der Waals surface area (Å²) in [5, 5.41) is 1.82. The molecule has 0 bridgehead atoms. The molecule has 3 aromatic rings. The number of nitrogens with one attached hydrogen (secondary N) is 1.